The van der Waals surface area contributed by atoms with Gasteiger partial charge >= 0.3 is 6.09 Å². The molecule has 0 spiro atoms. The van der Waals surface area contributed by atoms with Crippen molar-refractivity contribution in [2.24, 2.45) is 11.7 Å². The van der Waals surface area contributed by atoms with Crippen molar-refractivity contribution in [1.29, 1.82) is 0 Å². The molecule has 1 aromatic carbocycles. The highest BCUT2D eigenvalue weighted by Gasteiger charge is 2.27. The quantitative estimate of drug-likeness (QED) is 0.838. The van der Waals surface area contributed by atoms with Crippen molar-refractivity contribution in [3.63, 3.8) is 0 Å². The lowest BCUT2D eigenvalue weighted by Crippen LogP contribution is -2.33. The van der Waals surface area contributed by atoms with Gasteiger partial charge in [-0.15, -0.1) is 0 Å². The Bertz CT molecular complexity index is 361. The van der Waals surface area contributed by atoms with Crippen molar-refractivity contribution in [2.75, 3.05) is 13.1 Å². The molecule has 92 valence electrons. The fourth-order valence-corrected chi connectivity index (χ4v) is 2.35. The molecular weight excluding hydrogens is 216 g/mol. The second-order valence-corrected chi connectivity index (χ2v) is 4.36. The van der Waals surface area contributed by atoms with Gasteiger partial charge in [0.2, 0.25) is 0 Å². The fraction of sp³-hybridized carbons (Fsp3) is 0.462. The molecule has 0 aromatic heterocycles. The standard InChI is InChI=1S/C13H18N2O2/c14-13(16)17-12(10-4-2-1-3-5-10)11-6-8-15-9-7-11/h1-5,11-12,15H,6-9H2,(H2,14,16). The molecule has 1 aromatic rings. The van der Waals surface area contributed by atoms with Gasteiger partial charge in [0, 0.05) is 5.92 Å². The molecule has 3 N–H and O–H groups in total. The largest absolute Gasteiger partial charge is 0.441 e. The van der Waals surface area contributed by atoms with Crippen LogP contribution in [0.15, 0.2) is 30.3 Å². The number of benzene rings is 1. The second-order valence-electron chi connectivity index (χ2n) is 4.36. The van der Waals surface area contributed by atoms with E-state index in [1.807, 2.05) is 30.3 Å². The molecule has 1 aliphatic heterocycles. The number of rotatable bonds is 3. The summed E-state index contributed by atoms with van der Waals surface area (Å²) < 4.78 is 5.29. The summed E-state index contributed by atoms with van der Waals surface area (Å²) in [5.41, 5.74) is 6.19. The van der Waals surface area contributed by atoms with Crippen LogP contribution in [0.1, 0.15) is 24.5 Å². The topological polar surface area (TPSA) is 64.4 Å². The van der Waals surface area contributed by atoms with Crippen LogP contribution in [0, 0.1) is 5.92 Å². The maximum absolute atomic E-state index is 11.0. The predicted molar refractivity (Wildman–Crippen MR) is 65.4 cm³/mol. The molecule has 0 saturated carbocycles. The molecule has 0 bridgehead atoms. The van der Waals surface area contributed by atoms with Crippen LogP contribution >= 0.6 is 0 Å². The first-order chi connectivity index (χ1) is 8.27. The molecule has 0 aliphatic carbocycles. The minimum atomic E-state index is -0.697. The summed E-state index contributed by atoms with van der Waals surface area (Å²) in [6.45, 7) is 1.94. The number of carbonyl (C=O) groups is 1. The number of nitrogens with one attached hydrogen (secondary N) is 1. The van der Waals surface area contributed by atoms with E-state index in [1.54, 1.807) is 0 Å². The van der Waals surface area contributed by atoms with Gasteiger partial charge in [-0.1, -0.05) is 30.3 Å². The minimum Gasteiger partial charge on any atom is -0.441 e. The van der Waals surface area contributed by atoms with Crippen molar-refractivity contribution in [1.82, 2.24) is 5.32 Å². The lowest BCUT2D eigenvalue weighted by Gasteiger charge is -2.30. The Labute approximate surface area is 101 Å². The van der Waals surface area contributed by atoms with Crippen molar-refractivity contribution < 1.29 is 9.53 Å². The van der Waals surface area contributed by atoms with Crippen molar-refractivity contribution >= 4 is 6.09 Å². The van der Waals surface area contributed by atoms with E-state index in [2.05, 4.69) is 5.32 Å². The number of ether oxygens (including phenoxy) is 1. The Morgan fingerprint density at radius 3 is 2.53 bits per heavy atom. The number of hydrogen-bond acceptors (Lipinski definition) is 3. The Hall–Kier alpha value is -1.55. The van der Waals surface area contributed by atoms with Crippen LogP contribution in [0.5, 0.6) is 0 Å². The minimum absolute atomic E-state index is 0.212. The average Bonchev–Trinajstić information content (AvgIpc) is 2.38. The lowest BCUT2D eigenvalue weighted by molar-refractivity contribution is 0.0560. The summed E-state index contributed by atoms with van der Waals surface area (Å²) in [6.07, 6.45) is 1.10. The van der Waals surface area contributed by atoms with Crippen molar-refractivity contribution in [3.8, 4) is 0 Å². The van der Waals surface area contributed by atoms with E-state index < -0.39 is 6.09 Å². The maximum Gasteiger partial charge on any atom is 0.405 e. The van der Waals surface area contributed by atoms with Gasteiger partial charge in [0.25, 0.3) is 0 Å². The van der Waals surface area contributed by atoms with Crippen LogP contribution in [0.4, 0.5) is 4.79 Å². The van der Waals surface area contributed by atoms with E-state index in [-0.39, 0.29) is 6.10 Å². The van der Waals surface area contributed by atoms with E-state index in [9.17, 15) is 4.79 Å². The van der Waals surface area contributed by atoms with Crippen LogP contribution < -0.4 is 11.1 Å². The van der Waals surface area contributed by atoms with E-state index >= 15 is 0 Å². The summed E-state index contributed by atoms with van der Waals surface area (Å²) in [7, 11) is 0. The van der Waals surface area contributed by atoms with E-state index in [4.69, 9.17) is 10.5 Å². The molecule has 1 atom stereocenters. The number of hydrogen-bond donors (Lipinski definition) is 2. The van der Waals surface area contributed by atoms with Crippen LogP contribution in [-0.2, 0) is 4.74 Å². The fourth-order valence-electron chi connectivity index (χ4n) is 2.35. The van der Waals surface area contributed by atoms with Crippen molar-refractivity contribution in [2.45, 2.75) is 18.9 Å². The molecule has 1 fully saturated rings. The van der Waals surface area contributed by atoms with Gasteiger partial charge in [-0.05, 0) is 31.5 Å². The van der Waals surface area contributed by atoms with Gasteiger partial charge in [0.15, 0.2) is 0 Å². The summed E-state index contributed by atoms with van der Waals surface area (Å²) in [5.74, 6) is 0.353. The zero-order chi connectivity index (χ0) is 12.1. The third-order valence-electron chi connectivity index (χ3n) is 3.18. The molecular formula is C13H18N2O2. The number of nitrogens with two attached hydrogens (primary N) is 1. The molecule has 4 nitrogen and oxygen atoms in total. The molecule has 1 heterocycles. The molecule has 17 heavy (non-hydrogen) atoms. The zero-order valence-corrected chi connectivity index (χ0v) is 9.76. The smallest absolute Gasteiger partial charge is 0.405 e. The first-order valence-electron chi connectivity index (χ1n) is 5.99. The highest BCUT2D eigenvalue weighted by atomic mass is 16.6. The average molecular weight is 234 g/mol. The molecule has 0 radical (unpaired) electrons. The van der Waals surface area contributed by atoms with Gasteiger partial charge in [-0.3, -0.25) is 0 Å². The monoisotopic (exact) mass is 234 g/mol. The zero-order valence-electron chi connectivity index (χ0n) is 9.76. The lowest BCUT2D eigenvalue weighted by atomic mass is 9.88. The highest BCUT2D eigenvalue weighted by Crippen LogP contribution is 2.31. The first kappa shape index (κ1) is 11.9. The Morgan fingerprint density at radius 2 is 1.94 bits per heavy atom. The number of carbonyl (C=O) groups excluding carboxylic acids is 1. The van der Waals surface area contributed by atoms with E-state index in [0.29, 0.717) is 5.92 Å². The molecule has 1 aliphatic rings. The van der Waals surface area contributed by atoms with Crippen LogP contribution in [-0.4, -0.2) is 19.2 Å². The first-order valence-corrected chi connectivity index (χ1v) is 5.99. The molecule has 4 heteroatoms. The predicted octanol–water partition coefficient (Wildman–Crippen LogP) is 1.82. The highest BCUT2D eigenvalue weighted by molar-refractivity contribution is 5.65. The van der Waals surface area contributed by atoms with Gasteiger partial charge < -0.3 is 15.8 Å². The Morgan fingerprint density at radius 1 is 1.29 bits per heavy atom. The number of piperidine rings is 1. The van der Waals surface area contributed by atoms with Gasteiger partial charge in [-0.2, -0.15) is 0 Å². The van der Waals surface area contributed by atoms with Crippen LogP contribution in [0.2, 0.25) is 0 Å². The summed E-state index contributed by atoms with van der Waals surface area (Å²) in [4.78, 5) is 11.0. The SMILES string of the molecule is NC(=O)OC(c1ccccc1)C1CCNCC1. The maximum atomic E-state index is 11.0. The molecule has 1 unspecified atom stereocenters. The Balaban J connectivity index is 2.15. The van der Waals surface area contributed by atoms with Gasteiger partial charge in [0.1, 0.15) is 6.10 Å². The molecule has 1 saturated heterocycles. The molecule has 1 amide bonds. The third-order valence-corrected chi connectivity index (χ3v) is 3.18. The normalized spacial score (nSPS) is 18.6. The van der Waals surface area contributed by atoms with E-state index in [1.165, 1.54) is 0 Å². The number of amides is 1. The number of primary amides is 1. The summed E-state index contributed by atoms with van der Waals surface area (Å²) in [5, 5.41) is 3.30. The van der Waals surface area contributed by atoms with Crippen LogP contribution in [0.25, 0.3) is 0 Å². The Kier molecular flexibility index (Phi) is 3.98. The van der Waals surface area contributed by atoms with E-state index in [0.717, 1.165) is 31.5 Å². The summed E-state index contributed by atoms with van der Waals surface area (Å²) in [6, 6.07) is 9.82. The summed E-state index contributed by atoms with van der Waals surface area (Å²) >= 11 is 0. The molecule has 2 rings (SSSR count). The van der Waals surface area contributed by atoms with Crippen molar-refractivity contribution in [3.05, 3.63) is 35.9 Å². The third kappa shape index (κ3) is 3.20. The van der Waals surface area contributed by atoms with Gasteiger partial charge in [-0.25, -0.2) is 4.79 Å². The van der Waals surface area contributed by atoms with Gasteiger partial charge in [0.05, 0.1) is 0 Å². The van der Waals surface area contributed by atoms with Crippen LogP contribution in [0.3, 0.4) is 0 Å². The second kappa shape index (κ2) is 5.68.